The van der Waals surface area contributed by atoms with E-state index in [1.165, 1.54) is 24.0 Å². The van der Waals surface area contributed by atoms with Gasteiger partial charge in [-0.05, 0) is 50.8 Å². The van der Waals surface area contributed by atoms with Crippen LogP contribution < -0.4 is 10.1 Å². The summed E-state index contributed by atoms with van der Waals surface area (Å²) in [6.45, 7) is 7.02. The second-order valence-electron chi connectivity index (χ2n) is 5.93. The maximum Gasteiger partial charge on any atom is 0.122 e. The molecule has 1 aromatic rings. The zero-order chi connectivity index (χ0) is 13.9. The number of hydrogen-bond donors (Lipinski definition) is 2. The van der Waals surface area contributed by atoms with E-state index in [1.807, 2.05) is 12.1 Å². The maximum atomic E-state index is 9.54. The summed E-state index contributed by atoms with van der Waals surface area (Å²) in [6, 6.07) is 6.71. The molecule has 1 aliphatic rings. The molecule has 1 atom stereocenters. The third kappa shape index (κ3) is 3.95. The van der Waals surface area contributed by atoms with E-state index in [0.29, 0.717) is 12.6 Å². The van der Waals surface area contributed by atoms with Crippen LogP contribution in [0.1, 0.15) is 37.3 Å². The van der Waals surface area contributed by atoms with Gasteiger partial charge in [-0.3, -0.25) is 0 Å². The molecule has 1 fully saturated rings. The van der Waals surface area contributed by atoms with Gasteiger partial charge in [-0.1, -0.05) is 12.1 Å². The Kier molecular flexibility index (Phi) is 4.48. The standard InChI is InChI=1S/C16H25NO2/c1-12-5-4-6-15(13(12)2)19-10-9-16(3,11-18)17-14-7-8-14/h4-6,14,17-18H,7-11H2,1-3H3. The Morgan fingerprint density at radius 1 is 1.37 bits per heavy atom. The van der Waals surface area contributed by atoms with Crippen LogP contribution in [0.15, 0.2) is 18.2 Å². The van der Waals surface area contributed by atoms with Crippen LogP contribution in [0.3, 0.4) is 0 Å². The van der Waals surface area contributed by atoms with Crippen molar-refractivity contribution in [3.05, 3.63) is 29.3 Å². The lowest BCUT2D eigenvalue weighted by atomic mass is 9.99. The summed E-state index contributed by atoms with van der Waals surface area (Å²) in [4.78, 5) is 0. The second kappa shape index (κ2) is 5.93. The molecular weight excluding hydrogens is 238 g/mol. The summed E-state index contributed by atoms with van der Waals surface area (Å²) in [5, 5.41) is 13.0. The van der Waals surface area contributed by atoms with Crippen LogP contribution in [0.2, 0.25) is 0 Å². The Labute approximate surface area is 116 Å². The van der Waals surface area contributed by atoms with Crippen LogP contribution in [-0.2, 0) is 0 Å². The number of aryl methyl sites for hydroxylation is 1. The van der Waals surface area contributed by atoms with Gasteiger partial charge in [0.1, 0.15) is 5.75 Å². The van der Waals surface area contributed by atoms with Crippen molar-refractivity contribution in [1.82, 2.24) is 5.32 Å². The second-order valence-corrected chi connectivity index (χ2v) is 5.93. The van der Waals surface area contributed by atoms with Crippen LogP contribution in [0, 0.1) is 13.8 Å². The smallest absolute Gasteiger partial charge is 0.122 e. The lowest BCUT2D eigenvalue weighted by Crippen LogP contribution is -2.48. The number of rotatable bonds is 7. The summed E-state index contributed by atoms with van der Waals surface area (Å²) < 4.78 is 5.87. The van der Waals surface area contributed by atoms with Crippen molar-refractivity contribution in [3.8, 4) is 5.75 Å². The van der Waals surface area contributed by atoms with Gasteiger partial charge in [0.25, 0.3) is 0 Å². The Hall–Kier alpha value is -1.06. The zero-order valence-electron chi connectivity index (χ0n) is 12.2. The maximum absolute atomic E-state index is 9.54. The molecule has 0 radical (unpaired) electrons. The minimum Gasteiger partial charge on any atom is -0.493 e. The normalized spacial score (nSPS) is 18.1. The average Bonchev–Trinajstić information content (AvgIpc) is 3.18. The number of nitrogens with one attached hydrogen (secondary N) is 1. The number of hydrogen-bond acceptors (Lipinski definition) is 3. The molecule has 0 aromatic heterocycles. The van der Waals surface area contributed by atoms with E-state index in [1.54, 1.807) is 0 Å². The monoisotopic (exact) mass is 263 g/mol. The van der Waals surface area contributed by atoms with Crippen LogP contribution >= 0.6 is 0 Å². The third-order valence-electron chi connectivity index (χ3n) is 3.95. The first-order valence-corrected chi connectivity index (χ1v) is 7.12. The van der Waals surface area contributed by atoms with Gasteiger partial charge < -0.3 is 15.2 Å². The van der Waals surface area contributed by atoms with Gasteiger partial charge in [-0.25, -0.2) is 0 Å². The lowest BCUT2D eigenvalue weighted by molar-refractivity contribution is 0.142. The number of ether oxygens (including phenoxy) is 1. The van der Waals surface area contributed by atoms with Crippen LogP contribution in [-0.4, -0.2) is 29.9 Å². The van der Waals surface area contributed by atoms with Crippen molar-refractivity contribution in [3.63, 3.8) is 0 Å². The van der Waals surface area contributed by atoms with Crippen LogP contribution in [0.25, 0.3) is 0 Å². The van der Waals surface area contributed by atoms with Crippen molar-refractivity contribution in [2.75, 3.05) is 13.2 Å². The van der Waals surface area contributed by atoms with Crippen LogP contribution in [0.5, 0.6) is 5.75 Å². The third-order valence-corrected chi connectivity index (χ3v) is 3.95. The van der Waals surface area contributed by atoms with E-state index < -0.39 is 0 Å². The highest BCUT2D eigenvalue weighted by Crippen LogP contribution is 2.25. The molecule has 106 valence electrons. The van der Waals surface area contributed by atoms with Crippen molar-refractivity contribution in [1.29, 1.82) is 0 Å². The Morgan fingerprint density at radius 2 is 2.11 bits per heavy atom. The first-order chi connectivity index (χ1) is 9.04. The summed E-state index contributed by atoms with van der Waals surface area (Å²) in [6.07, 6.45) is 3.27. The Bertz CT molecular complexity index is 429. The molecule has 19 heavy (non-hydrogen) atoms. The van der Waals surface area contributed by atoms with Gasteiger partial charge in [0, 0.05) is 18.0 Å². The molecule has 1 unspecified atom stereocenters. The first kappa shape index (κ1) is 14.4. The fraction of sp³-hybridized carbons (Fsp3) is 0.625. The SMILES string of the molecule is Cc1cccc(OCCC(C)(CO)NC2CC2)c1C. The fourth-order valence-corrected chi connectivity index (χ4v) is 2.18. The molecule has 0 saturated heterocycles. The van der Waals surface area contributed by atoms with E-state index in [4.69, 9.17) is 4.74 Å². The fourth-order valence-electron chi connectivity index (χ4n) is 2.18. The summed E-state index contributed by atoms with van der Waals surface area (Å²) in [7, 11) is 0. The topological polar surface area (TPSA) is 41.5 Å². The molecule has 2 N–H and O–H groups in total. The van der Waals surface area contributed by atoms with Gasteiger partial charge >= 0.3 is 0 Å². The predicted octanol–water partition coefficient (Wildman–Crippen LogP) is 2.58. The van der Waals surface area contributed by atoms with E-state index in [9.17, 15) is 5.11 Å². The largest absolute Gasteiger partial charge is 0.493 e. The van der Waals surface area contributed by atoms with Gasteiger partial charge in [-0.2, -0.15) is 0 Å². The summed E-state index contributed by atoms with van der Waals surface area (Å²) >= 11 is 0. The number of aliphatic hydroxyl groups excluding tert-OH is 1. The molecule has 0 spiro atoms. The number of benzene rings is 1. The minimum atomic E-state index is -0.223. The highest BCUT2D eigenvalue weighted by molar-refractivity contribution is 5.38. The van der Waals surface area contributed by atoms with Gasteiger partial charge in [-0.15, -0.1) is 0 Å². The Balaban J connectivity index is 1.86. The lowest BCUT2D eigenvalue weighted by Gasteiger charge is -2.29. The molecule has 3 heteroatoms. The molecule has 0 heterocycles. The highest BCUT2D eigenvalue weighted by atomic mass is 16.5. The molecule has 0 aliphatic heterocycles. The highest BCUT2D eigenvalue weighted by Gasteiger charge is 2.31. The number of aliphatic hydroxyl groups is 1. The average molecular weight is 263 g/mol. The summed E-state index contributed by atoms with van der Waals surface area (Å²) in [5.41, 5.74) is 2.22. The van der Waals surface area contributed by atoms with Crippen molar-refractivity contribution < 1.29 is 9.84 Å². The zero-order valence-corrected chi connectivity index (χ0v) is 12.2. The Morgan fingerprint density at radius 3 is 2.74 bits per heavy atom. The van der Waals surface area contributed by atoms with Crippen molar-refractivity contribution >= 4 is 0 Å². The quantitative estimate of drug-likeness (QED) is 0.794. The van der Waals surface area contributed by atoms with Gasteiger partial charge in [0.2, 0.25) is 0 Å². The molecule has 1 aliphatic carbocycles. The van der Waals surface area contributed by atoms with Gasteiger partial charge in [0.15, 0.2) is 0 Å². The summed E-state index contributed by atoms with van der Waals surface area (Å²) in [5.74, 6) is 0.951. The molecule has 1 saturated carbocycles. The van der Waals surface area contributed by atoms with Crippen LogP contribution in [0.4, 0.5) is 0 Å². The van der Waals surface area contributed by atoms with E-state index in [2.05, 4.69) is 32.2 Å². The molecule has 1 aromatic carbocycles. The first-order valence-electron chi connectivity index (χ1n) is 7.12. The van der Waals surface area contributed by atoms with E-state index in [-0.39, 0.29) is 12.1 Å². The van der Waals surface area contributed by atoms with E-state index >= 15 is 0 Å². The van der Waals surface area contributed by atoms with Crippen molar-refractivity contribution in [2.24, 2.45) is 0 Å². The predicted molar refractivity (Wildman–Crippen MR) is 77.7 cm³/mol. The molecule has 2 rings (SSSR count). The van der Waals surface area contributed by atoms with Gasteiger partial charge in [0.05, 0.1) is 13.2 Å². The minimum absolute atomic E-state index is 0.152. The molecule has 0 amide bonds. The molecular formula is C16H25NO2. The molecule has 3 nitrogen and oxygen atoms in total. The van der Waals surface area contributed by atoms with Crippen molar-refractivity contribution in [2.45, 2.75) is 51.6 Å². The molecule has 0 bridgehead atoms. The van der Waals surface area contributed by atoms with E-state index in [0.717, 1.165) is 12.2 Å².